The van der Waals surface area contributed by atoms with Crippen molar-refractivity contribution in [1.82, 2.24) is 10.2 Å². The van der Waals surface area contributed by atoms with Gasteiger partial charge in [0.2, 0.25) is 11.8 Å². The molecule has 0 atom stereocenters. The van der Waals surface area contributed by atoms with Crippen LogP contribution in [0.4, 0.5) is 14.5 Å². The van der Waals surface area contributed by atoms with Crippen LogP contribution in [-0.2, 0) is 6.54 Å². The van der Waals surface area contributed by atoms with Crippen molar-refractivity contribution in [3.8, 4) is 11.5 Å². The summed E-state index contributed by atoms with van der Waals surface area (Å²) in [7, 11) is 0. The SMILES string of the molecule is CSc1ccc(NCc2nnc(-c3cccc(F)c3)o2)cc1F. The van der Waals surface area contributed by atoms with Gasteiger partial charge in [-0.2, -0.15) is 0 Å². The molecule has 0 radical (unpaired) electrons. The van der Waals surface area contributed by atoms with E-state index < -0.39 is 0 Å². The van der Waals surface area contributed by atoms with Crippen LogP contribution in [0.1, 0.15) is 5.89 Å². The van der Waals surface area contributed by atoms with Crippen molar-refractivity contribution in [2.45, 2.75) is 11.4 Å². The van der Waals surface area contributed by atoms with Gasteiger partial charge in [-0.1, -0.05) is 6.07 Å². The number of halogens is 2. The fourth-order valence-corrected chi connectivity index (χ4v) is 2.48. The topological polar surface area (TPSA) is 51.0 Å². The Morgan fingerprint density at radius 3 is 2.74 bits per heavy atom. The molecule has 4 nitrogen and oxygen atoms in total. The van der Waals surface area contributed by atoms with E-state index in [1.165, 1.54) is 30.0 Å². The van der Waals surface area contributed by atoms with Crippen LogP contribution in [-0.4, -0.2) is 16.5 Å². The summed E-state index contributed by atoms with van der Waals surface area (Å²) in [5.74, 6) is -0.0814. The van der Waals surface area contributed by atoms with Crippen LogP contribution in [0.5, 0.6) is 0 Å². The number of rotatable bonds is 5. The largest absolute Gasteiger partial charge is 0.419 e. The third-order valence-corrected chi connectivity index (χ3v) is 3.90. The zero-order valence-corrected chi connectivity index (χ0v) is 13.0. The minimum Gasteiger partial charge on any atom is -0.419 e. The van der Waals surface area contributed by atoms with Crippen LogP contribution >= 0.6 is 11.8 Å². The van der Waals surface area contributed by atoms with E-state index in [4.69, 9.17) is 4.42 Å². The van der Waals surface area contributed by atoms with Crippen molar-refractivity contribution >= 4 is 17.4 Å². The predicted molar refractivity (Wildman–Crippen MR) is 85.2 cm³/mol. The smallest absolute Gasteiger partial charge is 0.247 e. The molecule has 0 spiro atoms. The van der Waals surface area contributed by atoms with E-state index in [0.29, 0.717) is 22.0 Å². The average Bonchev–Trinajstić information content (AvgIpc) is 3.02. The average molecular weight is 333 g/mol. The van der Waals surface area contributed by atoms with Gasteiger partial charge in [0.1, 0.15) is 11.6 Å². The van der Waals surface area contributed by atoms with E-state index in [1.807, 2.05) is 6.26 Å². The van der Waals surface area contributed by atoms with E-state index in [-0.39, 0.29) is 24.1 Å². The van der Waals surface area contributed by atoms with Crippen LogP contribution in [0, 0.1) is 11.6 Å². The minimum absolute atomic E-state index is 0.241. The Bertz CT molecular complexity index is 823. The Kier molecular flexibility index (Phi) is 4.57. The number of hydrogen-bond acceptors (Lipinski definition) is 5. The molecule has 0 unspecified atom stereocenters. The van der Waals surface area contributed by atoms with Gasteiger partial charge in [0.15, 0.2) is 0 Å². The molecule has 0 aliphatic carbocycles. The molecule has 0 bridgehead atoms. The second-order valence-electron chi connectivity index (χ2n) is 4.71. The van der Waals surface area contributed by atoms with Gasteiger partial charge in [0.25, 0.3) is 0 Å². The van der Waals surface area contributed by atoms with Crippen molar-refractivity contribution in [2.24, 2.45) is 0 Å². The summed E-state index contributed by atoms with van der Waals surface area (Å²) in [5, 5.41) is 10.8. The lowest BCUT2D eigenvalue weighted by Gasteiger charge is -2.05. The first-order valence-electron chi connectivity index (χ1n) is 6.81. The monoisotopic (exact) mass is 333 g/mol. The molecule has 2 aromatic carbocycles. The predicted octanol–water partition coefficient (Wildman–Crippen LogP) is 4.35. The molecule has 1 aromatic heterocycles. The molecule has 0 amide bonds. The Morgan fingerprint density at radius 2 is 2.00 bits per heavy atom. The first-order valence-corrected chi connectivity index (χ1v) is 8.04. The first kappa shape index (κ1) is 15.5. The Labute approximate surface area is 135 Å². The highest BCUT2D eigenvalue weighted by molar-refractivity contribution is 7.98. The van der Waals surface area contributed by atoms with Gasteiger partial charge >= 0.3 is 0 Å². The minimum atomic E-state index is -0.371. The fourth-order valence-electron chi connectivity index (χ4n) is 2.02. The molecule has 0 fully saturated rings. The van der Waals surface area contributed by atoms with Gasteiger partial charge in [-0.3, -0.25) is 0 Å². The van der Waals surface area contributed by atoms with Crippen LogP contribution in [0.3, 0.4) is 0 Å². The summed E-state index contributed by atoms with van der Waals surface area (Å²) in [4.78, 5) is 0.585. The van der Waals surface area contributed by atoms with Crippen molar-refractivity contribution in [3.63, 3.8) is 0 Å². The maximum atomic E-state index is 13.7. The number of hydrogen-bond donors (Lipinski definition) is 1. The van der Waals surface area contributed by atoms with Gasteiger partial charge in [-0.05, 0) is 42.7 Å². The first-order chi connectivity index (χ1) is 11.2. The van der Waals surface area contributed by atoms with Gasteiger partial charge in [0, 0.05) is 16.1 Å². The number of nitrogens with one attached hydrogen (secondary N) is 1. The summed E-state index contributed by atoms with van der Waals surface area (Å²) < 4.78 is 32.4. The summed E-state index contributed by atoms with van der Waals surface area (Å²) in [5.41, 5.74) is 1.13. The molecule has 0 aliphatic rings. The van der Waals surface area contributed by atoms with Gasteiger partial charge < -0.3 is 9.73 Å². The van der Waals surface area contributed by atoms with Gasteiger partial charge in [-0.25, -0.2) is 8.78 Å². The molecule has 7 heteroatoms. The van der Waals surface area contributed by atoms with Crippen LogP contribution in [0.2, 0.25) is 0 Å². The molecular formula is C16H13F2N3OS. The highest BCUT2D eigenvalue weighted by Gasteiger charge is 2.09. The van der Waals surface area contributed by atoms with Crippen molar-refractivity contribution in [1.29, 1.82) is 0 Å². The molecule has 118 valence electrons. The normalized spacial score (nSPS) is 10.7. The highest BCUT2D eigenvalue weighted by Crippen LogP contribution is 2.23. The zero-order chi connectivity index (χ0) is 16.2. The standard InChI is InChI=1S/C16H13F2N3OS/c1-23-14-6-5-12(8-13(14)18)19-9-15-20-21-16(22-15)10-3-2-4-11(17)7-10/h2-8,19H,9H2,1H3. The maximum Gasteiger partial charge on any atom is 0.247 e. The third-order valence-electron chi connectivity index (χ3n) is 3.13. The van der Waals surface area contributed by atoms with Crippen LogP contribution in [0.15, 0.2) is 51.8 Å². The third kappa shape index (κ3) is 3.68. The second kappa shape index (κ2) is 6.78. The Balaban J connectivity index is 1.69. The molecule has 0 saturated heterocycles. The summed E-state index contributed by atoms with van der Waals surface area (Å²) in [6.45, 7) is 0.250. The van der Waals surface area contributed by atoms with E-state index in [2.05, 4.69) is 15.5 Å². The molecule has 23 heavy (non-hydrogen) atoms. The maximum absolute atomic E-state index is 13.7. The molecule has 0 aliphatic heterocycles. The molecule has 1 heterocycles. The van der Waals surface area contributed by atoms with Gasteiger partial charge in [-0.15, -0.1) is 22.0 Å². The molecule has 1 N–H and O–H groups in total. The Morgan fingerprint density at radius 1 is 1.13 bits per heavy atom. The fraction of sp³-hybridized carbons (Fsp3) is 0.125. The lowest BCUT2D eigenvalue weighted by Crippen LogP contribution is -2.00. The van der Waals surface area contributed by atoms with Crippen LogP contribution in [0.25, 0.3) is 11.5 Å². The van der Waals surface area contributed by atoms with Crippen molar-refractivity contribution < 1.29 is 13.2 Å². The molecule has 3 rings (SSSR count). The van der Waals surface area contributed by atoms with Crippen LogP contribution < -0.4 is 5.32 Å². The lowest BCUT2D eigenvalue weighted by atomic mass is 10.2. The summed E-state index contributed by atoms with van der Waals surface area (Å²) in [6, 6.07) is 10.8. The molecule has 0 saturated carbocycles. The van der Waals surface area contributed by atoms with E-state index in [1.54, 1.807) is 24.3 Å². The quantitative estimate of drug-likeness (QED) is 0.704. The van der Waals surface area contributed by atoms with E-state index >= 15 is 0 Å². The highest BCUT2D eigenvalue weighted by atomic mass is 32.2. The number of aromatic nitrogens is 2. The number of anilines is 1. The number of benzene rings is 2. The zero-order valence-electron chi connectivity index (χ0n) is 12.2. The molecular weight excluding hydrogens is 320 g/mol. The summed E-state index contributed by atoms with van der Waals surface area (Å²) in [6.07, 6.45) is 1.82. The Hall–Kier alpha value is -2.41. The van der Waals surface area contributed by atoms with Gasteiger partial charge in [0.05, 0.1) is 6.54 Å². The van der Waals surface area contributed by atoms with E-state index in [9.17, 15) is 8.78 Å². The van der Waals surface area contributed by atoms with Crippen molar-refractivity contribution in [3.05, 3.63) is 60.0 Å². The number of thioether (sulfide) groups is 1. The molecule has 3 aromatic rings. The summed E-state index contributed by atoms with van der Waals surface area (Å²) >= 11 is 1.35. The second-order valence-corrected chi connectivity index (χ2v) is 5.56. The van der Waals surface area contributed by atoms with E-state index in [0.717, 1.165) is 0 Å². The van der Waals surface area contributed by atoms with Crippen molar-refractivity contribution in [2.75, 3.05) is 11.6 Å². The number of nitrogens with zero attached hydrogens (tertiary/aromatic N) is 2. The lowest BCUT2D eigenvalue weighted by molar-refractivity contribution is 0.514.